The van der Waals surface area contributed by atoms with Gasteiger partial charge in [-0.25, -0.2) is 9.45 Å². The smallest absolute Gasteiger partial charge is 0.249 e. The molecule has 3 fully saturated rings. The van der Waals surface area contributed by atoms with Gasteiger partial charge in [0.05, 0.1) is 13.0 Å². The molecule has 0 N–H and O–H groups in total. The molecule has 146 valence electrons. The van der Waals surface area contributed by atoms with Crippen LogP contribution in [0.5, 0.6) is 0 Å². The number of hydroxylamine groups is 2. The van der Waals surface area contributed by atoms with Crippen LogP contribution in [0.1, 0.15) is 44.1 Å². The van der Waals surface area contributed by atoms with Crippen LogP contribution in [0, 0.1) is 17.2 Å². The van der Waals surface area contributed by atoms with Gasteiger partial charge in [0.1, 0.15) is 5.82 Å². The van der Waals surface area contributed by atoms with Gasteiger partial charge < -0.3 is 4.90 Å². The van der Waals surface area contributed by atoms with Crippen LogP contribution in [-0.2, 0) is 20.8 Å². The van der Waals surface area contributed by atoms with Crippen LogP contribution < -0.4 is 0 Å². The van der Waals surface area contributed by atoms with Gasteiger partial charge in [0.25, 0.3) is 0 Å². The van der Waals surface area contributed by atoms with Gasteiger partial charge in [-0.3, -0.25) is 14.4 Å². The summed E-state index contributed by atoms with van der Waals surface area (Å²) < 4.78 is 13.4. The van der Waals surface area contributed by atoms with Crippen molar-refractivity contribution in [2.24, 2.45) is 11.3 Å². The van der Waals surface area contributed by atoms with Gasteiger partial charge in [-0.2, -0.15) is 0 Å². The lowest BCUT2D eigenvalue weighted by Crippen LogP contribution is -2.45. The quantitative estimate of drug-likeness (QED) is 0.817. The number of amides is 2. The Morgan fingerprint density at radius 2 is 2.07 bits per heavy atom. The number of nitrogens with zero attached hydrogens (tertiary/aromatic N) is 2. The van der Waals surface area contributed by atoms with Gasteiger partial charge in [0.2, 0.25) is 11.8 Å². The van der Waals surface area contributed by atoms with E-state index in [0.29, 0.717) is 31.8 Å². The Hall–Kier alpha value is -1.95. The Morgan fingerprint density at radius 3 is 2.85 bits per heavy atom. The van der Waals surface area contributed by atoms with Crippen molar-refractivity contribution in [1.82, 2.24) is 9.96 Å². The predicted octanol–water partition coefficient (Wildman–Crippen LogP) is 2.94. The second-order valence-corrected chi connectivity index (χ2v) is 8.16. The molecule has 4 rings (SSSR count). The van der Waals surface area contributed by atoms with E-state index in [1.807, 2.05) is 4.90 Å². The molecule has 1 aliphatic carbocycles. The van der Waals surface area contributed by atoms with E-state index in [-0.39, 0.29) is 35.4 Å². The summed E-state index contributed by atoms with van der Waals surface area (Å²) in [6, 6.07) is 6.21. The Bertz CT molecular complexity index is 719. The molecule has 2 aliphatic heterocycles. The fourth-order valence-electron chi connectivity index (χ4n) is 5.00. The van der Waals surface area contributed by atoms with Crippen molar-refractivity contribution < 1.29 is 18.8 Å². The first-order valence-electron chi connectivity index (χ1n) is 10.0. The number of likely N-dealkylation sites (tertiary alicyclic amines) is 1. The molecule has 0 bridgehead atoms. The first-order chi connectivity index (χ1) is 13.1. The lowest BCUT2D eigenvalue weighted by Gasteiger charge is -2.35. The monoisotopic (exact) mass is 374 g/mol. The van der Waals surface area contributed by atoms with Crippen LogP contribution in [0.4, 0.5) is 4.39 Å². The maximum absolute atomic E-state index is 13.4. The van der Waals surface area contributed by atoms with Crippen LogP contribution in [0.3, 0.4) is 0 Å². The number of hydrogen-bond donors (Lipinski definition) is 0. The van der Waals surface area contributed by atoms with Gasteiger partial charge in [-0.05, 0) is 49.8 Å². The number of halogens is 1. The van der Waals surface area contributed by atoms with E-state index in [1.165, 1.54) is 12.1 Å². The Balaban J connectivity index is 1.42. The zero-order valence-electron chi connectivity index (χ0n) is 15.7. The minimum absolute atomic E-state index is 0.0183. The maximum atomic E-state index is 13.4. The summed E-state index contributed by atoms with van der Waals surface area (Å²) in [6.45, 7) is 2.60. The molecule has 1 aromatic rings. The van der Waals surface area contributed by atoms with E-state index >= 15 is 0 Å². The van der Waals surface area contributed by atoms with Gasteiger partial charge in [0, 0.05) is 31.0 Å². The molecule has 6 heteroatoms. The molecular weight excluding hydrogens is 347 g/mol. The van der Waals surface area contributed by atoms with Crippen LogP contribution in [0.25, 0.3) is 0 Å². The highest BCUT2D eigenvalue weighted by Crippen LogP contribution is 2.50. The standard InChI is InChI=1S/C21H27FN2O3/c22-17-6-3-5-16(13-17)14-19(25)23-11-9-21(15-23)8-4-7-18(21)20(26)24-10-1-2-12-27-24/h3,5-6,13,18H,1-2,4,7-12,14-15H2. The Kier molecular flexibility index (Phi) is 5.17. The second-order valence-electron chi connectivity index (χ2n) is 8.16. The summed E-state index contributed by atoms with van der Waals surface area (Å²) in [7, 11) is 0. The van der Waals surface area contributed by atoms with Crippen molar-refractivity contribution in [1.29, 1.82) is 0 Å². The number of rotatable bonds is 3. The zero-order chi connectivity index (χ0) is 18.9. The molecule has 0 radical (unpaired) electrons. The third-order valence-corrected chi connectivity index (χ3v) is 6.44. The summed E-state index contributed by atoms with van der Waals surface area (Å²) in [4.78, 5) is 33.2. The molecular formula is C21H27FN2O3. The van der Waals surface area contributed by atoms with Crippen molar-refractivity contribution in [2.75, 3.05) is 26.2 Å². The summed E-state index contributed by atoms with van der Waals surface area (Å²) in [5.74, 6) is -0.250. The normalized spacial score (nSPS) is 28.1. The fraction of sp³-hybridized carbons (Fsp3) is 0.619. The van der Waals surface area contributed by atoms with E-state index in [1.54, 1.807) is 17.2 Å². The number of hydrogen-bond acceptors (Lipinski definition) is 3. The van der Waals surface area contributed by atoms with E-state index < -0.39 is 0 Å². The van der Waals surface area contributed by atoms with Crippen molar-refractivity contribution >= 4 is 11.8 Å². The maximum Gasteiger partial charge on any atom is 0.249 e. The van der Waals surface area contributed by atoms with Gasteiger partial charge in [0.15, 0.2) is 0 Å². The van der Waals surface area contributed by atoms with Crippen LogP contribution in [-0.4, -0.2) is 48.0 Å². The van der Waals surface area contributed by atoms with Crippen molar-refractivity contribution in [2.45, 2.75) is 44.9 Å². The topological polar surface area (TPSA) is 49.9 Å². The molecule has 27 heavy (non-hydrogen) atoms. The minimum Gasteiger partial charge on any atom is -0.342 e. The second kappa shape index (κ2) is 7.58. The van der Waals surface area contributed by atoms with E-state index in [4.69, 9.17) is 4.84 Å². The van der Waals surface area contributed by atoms with Crippen LogP contribution in [0.15, 0.2) is 24.3 Å². The lowest BCUT2D eigenvalue weighted by molar-refractivity contribution is -0.204. The molecule has 2 amide bonds. The highest BCUT2D eigenvalue weighted by Gasteiger charge is 2.52. The molecule has 2 unspecified atom stereocenters. The van der Waals surface area contributed by atoms with E-state index in [9.17, 15) is 14.0 Å². The molecule has 2 heterocycles. The molecule has 5 nitrogen and oxygen atoms in total. The molecule has 2 saturated heterocycles. The summed E-state index contributed by atoms with van der Waals surface area (Å²) in [6.07, 6.45) is 5.96. The molecule has 1 spiro atoms. The third kappa shape index (κ3) is 3.72. The van der Waals surface area contributed by atoms with Crippen LogP contribution >= 0.6 is 0 Å². The molecule has 3 aliphatic rings. The summed E-state index contributed by atoms with van der Waals surface area (Å²) in [5.41, 5.74) is 0.580. The average molecular weight is 374 g/mol. The number of carbonyl (C=O) groups is 2. The van der Waals surface area contributed by atoms with Gasteiger partial charge >= 0.3 is 0 Å². The minimum atomic E-state index is -0.318. The SMILES string of the molecule is O=C(Cc1cccc(F)c1)N1CCC2(CCCC2C(=O)N2CCCCO2)C1. The Labute approximate surface area is 159 Å². The van der Waals surface area contributed by atoms with Crippen molar-refractivity contribution in [3.8, 4) is 0 Å². The Morgan fingerprint density at radius 1 is 1.19 bits per heavy atom. The third-order valence-electron chi connectivity index (χ3n) is 6.44. The molecule has 1 aromatic carbocycles. The molecule has 1 saturated carbocycles. The van der Waals surface area contributed by atoms with E-state index in [0.717, 1.165) is 38.5 Å². The zero-order valence-corrected chi connectivity index (χ0v) is 15.7. The molecule has 0 aromatic heterocycles. The summed E-state index contributed by atoms with van der Waals surface area (Å²) >= 11 is 0. The van der Waals surface area contributed by atoms with Gasteiger partial charge in [-0.15, -0.1) is 0 Å². The fourth-order valence-corrected chi connectivity index (χ4v) is 5.00. The van der Waals surface area contributed by atoms with Gasteiger partial charge in [-0.1, -0.05) is 18.6 Å². The summed E-state index contributed by atoms with van der Waals surface area (Å²) in [5, 5.41) is 1.57. The largest absolute Gasteiger partial charge is 0.342 e. The van der Waals surface area contributed by atoms with Crippen LogP contribution in [0.2, 0.25) is 0 Å². The molecule has 2 atom stereocenters. The number of benzene rings is 1. The lowest BCUT2D eigenvalue weighted by atomic mass is 9.76. The van der Waals surface area contributed by atoms with E-state index in [2.05, 4.69) is 0 Å². The number of carbonyl (C=O) groups excluding carboxylic acids is 2. The first kappa shape index (κ1) is 18.4. The van der Waals surface area contributed by atoms with Crippen molar-refractivity contribution in [3.63, 3.8) is 0 Å². The van der Waals surface area contributed by atoms with Crippen molar-refractivity contribution in [3.05, 3.63) is 35.6 Å². The average Bonchev–Trinajstić information content (AvgIpc) is 3.29. The predicted molar refractivity (Wildman–Crippen MR) is 98.0 cm³/mol. The highest BCUT2D eigenvalue weighted by molar-refractivity contribution is 5.81. The highest BCUT2D eigenvalue weighted by atomic mass is 19.1. The first-order valence-corrected chi connectivity index (χ1v) is 10.0.